The Morgan fingerprint density at radius 1 is 1.37 bits per heavy atom. The van der Waals surface area contributed by atoms with Crippen molar-refractivity contribution in [1.29, 1.82) is 0 Å². The fraction of sp³-hybridized carbons (Fsp3) is 0.250. The molecular weight excluding hydrogens is 275 g/mol. The molecule has 0 aliphatic carbocycles. The molecule has 0 saturated carbocycles. The van der Waals surface area contributed by atoms with Gasteiger partial charge in [-0.15, -0.1) is 0 Å². The van der Waals surface area contributed by atoms with Gasteiger partial charge in [0, 0.05) is 30.9 Å². The topological polar surface area (TPSA) is 43.8 Å². The van der Waals surface area contributed by atoms with E-state index in [2.05, 4.69) is 4.98 Å². The summed E-state index contributed by atoms with van der Waals surface area (Å²) < 4.78 is 40.7. The predicted octanol–water partition coefficient (Wildman–Crippen LogP) is 3.05. The molecule has 0 radical (unpaired) electrons. The summed E-state index contributed by atoms with van der Waals surface area (Å²) in [7, 11) is 1.73. The predicted molar refractivity (Wildman–Crippen MR) is 66.7 cm³/mol. The van der Waals surface area contributed by atoms with E-state index in [4.69, 9.17) is 5.73 Å². The van der Waals surface area contributed by atoms with Gasteiger partial charge in [-0.3, -0.25) is 0 Å². The van der Waals surface area contributed by atoms with E-state index in [1.807, 2.05) is 0 Å². The molecule has 0 saturated heterocycles. The van der Waals surface area contributed by atoms with Crippen molar-refractivity contribution in [2.45, 2.75) is 22.8 Å². The second kappa shape index (κ2) is 5.26. The Bertz CT molecular complexity index is 578. The lowest BCUT2D eigenvalue weighted by Crippen LogP contribution is -2.09. The maximum Gasteiger partial charge on any atom is 0.417 e. The van der Waals surface area contributed by atoms with Crippen LogP contribution in [-0.2, 0) is 19.8 Å². The summed E-state index contributed by atoms with van der Waals surface area (Å²) in [5.41, 5.74) is 5.16. The number of nitrogens with zero attached hydrogens (tertiary/aromatic N) is 2. The lowest BCUT2D eigenvalue weighted by Gasteiger charge is -2.13. The van der Waals surface area contributed by atoms with Crippen molar-refractivity contribution in [3.8, 4) is 0 Å². The Morgan fingerprint density at radius 3 is 2.63 bits per heavy atom. The Hall–Kier alpha value is -1.47. The Morgan fingerprint density at radius 2 is 2.11 bits per heavy atom. The van der Waals surface area contributed by atoms with Crippen LogP contribution in [0.25, 0.3) is 0 Å². The summed E-state index contributed by atoms with van der Waals surface area (Å²) in [6, 6.07) is 4.12. The Kier molecular flexibility index (Phi) is 3.86. The van der Waals surface area contributed by atoms with Gasteiger partial charge in [-0.05, 0) is 17.7 Å². The fourth-order valence-corrected chi connectivity index (χ4v) is 2.50. The molecule has 2 aromatic rings. The minimum Gasteiger partial charge on any atom is -0.329 e. The van der Waals surface area contributed by atoms with Crippen LogP contribution in [0.2, 0.25) is 0 Å². The molecule has 0 unspecified atom stereocenters. The molecule has 0 fully saturated rings. The molecule has 0 aliphatic rings. The minimum atomic E-state index is -4.40. The number of alkyl halides is 3. The summed E-state index contributed by atoms with van der Waals surface area (Å²) in [5.74, 6) is 0. The first-order chi connectivity index (χ1) is 8.91. The molecule has 1 heterocycles. The lowest BCUT2D eigenvalue weighted by molar-refractivity contribution is -0.139. The van der Waals surface area contributed by atoms with Crippen molar-refractivity contribution in [3.63, 3.8) is 0 Å². The molecule has 2 N–H and O–H groups in total. The molecule has 0 atom stereocenters. The maximum absolute atomic E-state index is 13.0. The van der Waals surface area contributed by atoms with Gasteiger partial charge in [-0.1, -0.05) is 17.8 Å². The third kappa shape index (κ3) is 3.10. The standard InChI is InChI=1S/C12H12F3N3S/c1-18-5-4-17-11(18)19-10-3-2-8(7-16)6-9(10)12(13,14)15/h2-6H,7,16H2,1H3. The highest BCUT2D eigenvalue weighted by Gasteiger charge is 2.34. The average Bonchev–Trinajstić information content (AvgIpc) is 2.74. The van der Waals surface area contributed by atoms with Gasteiger partial charge in [0.2, 0.25) is 0 Å². The number of hydrogen-bond acceptors (Lipinski definition) is 3. The van der Waals surface area contributed by atoms with Crippen LogP contribution in [0.15, 0.2) is 40.6 Å². The molecule has 0 bridgehead atoms. The van der Waals surface area contributed by atoms with E-state index in [-0.39, 0.29) is 11.4 Å². The highest BCUT2D eigenvalue weighted by molar-refractivity contribution is 7.99. The van der Waals surface area contributed by atoms with Crippen LogP contribution in [0.3, 0.4) is 0 Å². The number of hydrogen-bond donors (Lipinski definition) is 1. The molecule has 1 aromatic carbocycles. The quantitative estimate of drug-likeness (QED) is 0.943. The first kappa shape index (κ1) is 14.0. The average molecular weight is 287 g/mol. The zero-order valence-corrected chi connectivity index (χ0v) is 10.9. The lowest BCUT2D eigenvalue weighted by atomic mass is 10.1. The van der Waals surface area contributed by atoms with E-state index in [0.29, 0.717) is 10.7 Å². The highest BCUT2D eigenvalue weighted by atomic mass is 32.2. The van der Waals surface area contributed by atoms with E-state index < -0.39 is 11.7 Å². The molecule has 19 heavy (non-hydrogen) atoms. The summed E-state index contributed by atoms with van der Waals surface area (Å²) in [5, 5.41) is 0.506. The maximum atomic E-state index is 13.0. The van der Waals surface area contributed by atoms with Crippen molar-refractivity contribution < 1.29 is 13.2 Å². The number of benzene rings is 1. The monoisotopic (exact) mass is 287 g/mol. The molecule has 0 spiro atoms. The summed E-state index contributed by atoms with van der Waals surface area (Å²) in [6.07, 6.45) is -1.17. The van der Waals surface area contributed by atoms with Crippen LogP contribution < -0.4 is 5.73 Å². The molecule has 102 valence electrons. The van der Waals surface area contributed by atoms with Gasteiger partial charge < -0.3 is 10.3 Å². The first-order valence-corrected chi connectivity index (χ1v) is 6.29. The SMILES string of the molecule is Cn1ccnc1Sc1ccc(CN)cc1C(F)(F)F. The van der Waals surface area contributed by atoms with E-state index in [1.165, 1.54) is 6.07 Å². The molecular formula is C12H12F3N3S. The van der Waals surface area contributed by atoms with E-state index in [0.717, 1.165) is 17.8 Å². The first-order valence-electron chi connectivity index (χ1n) is 5.47. The van der Waals surface area contributed by atoms with E-state index >= 15 is 0 Å². The summed E-state index contributed by atoms with van der Waals surface area (Å²) >= 11 is 0.985. The summed E-state index contributed by atoms with van der Waals surface area (Å²) in [6.45, 7) is 0.0798. The van der Waals surface area contributed by atoms with Crippen LogP contribution in [-0.4, -0.2) is 9.55 Å². The largest absolute Gasteiger partial charge is 0.417 e. The third-order valence-electron chi connectivity index (χ3n) is 2.56. The van der Waals surface area contributed by atoms with Gasteiger partial charge in [0.25, 0.3) is 0 Å². The third-order valence-corrected chi connectivity index (χ3v) is 3.72. The molecule has 0 aliphatic heterocycles. The molecule has 2 rings (SSSR count). The number of halogens is 3. The number of aryl methyl sites for hydroxylation is 1. The van der Waals surface area contributed by atoms with Crippen LogP contribution in [0.4, 0.5) is 13.2 Å². The van der Waals surface area contributed by atoms with Crippen LogP contribution in [0, 0.1) is 0 Å². The zero-order chi connectivity index (χ0) is 14.0. The second-order valence-corrected chi connectivity index (χ2v) is 4.96. The molecule has 0 amide bonds. The fourth-order valence-electron chi connectivity index (χ4n) is 1.56. The van der Waals surface area contributed by atoms with Crippen LogP contribution in [0.5, 0.6) is 0 Å². The van der Waals surface area contributed by atoms with Gasteiger partial charge in [0.05, 0.1) is 5.56 Å². The normalized spacial score (nSPS) is 11.8. The Labute approximate surface area is 112 Å². The van der Waals surface area contributed by atoms with Gasteiger partial charge in [0.15, 0.2) is 5.16 Å². The number of imidazole rings is 1. The van der Waals surface area contributed by atoms with Crippen LogP contribution >= 0.6 is 11.8 Å². The Balaban J connectivity index is 2.42. The van der Waals surface area contributed by atoms with Crippen molar-refractivity contribution in [1.82, 2.24) is 9.55 Å². The summed E-state index contributed by atoms with van der Waals surface area (Å²) in [4.78, 5) is 4.13. The van der Waals surface area contributed by atoms with E-state index in [9.17, 15) is 13.2 Å². The van der Waals surface area contributed by atoms with Gasteiger partial charge in [-0.25, -0.2) is 4.98 Å². The number of aromatic nitrogens is 2. The molecule has 7 heteroatoms. The highest BCUT2D eigenvalue weighted by Crippen LogP contribution is 2.39. The minimum absolute atomic E-state index is 0.0798. The number of nitrogens with two attached hydrogens (primary N) is 1. The van der Waals surface area contributed by atoms with Crippen molar-refractivity contribution in [2.24, 2.45) is 12.8 Å². The number of rotatable bonds is 3. The zero-order valence-electron chi connectivity index (χ0n) is 10.1. The smallest absolute Gasteiger partial charge is 0.329 e. The molecule has 3 nitrogen and oxygen atoms in total. The van der Waals surface area contributed by atoms with E-state index in [1.54, 1.807) is 30.1 Å². The second-order valence-electron chi connectivity index (χ2n) is 3.96. The molecule has 1 aromatic heterocycles. The van der Waals surface area contributed by atoms with Crippen molar-refractivity contribution >= 4 is 11.8 Å². The van der Waals surface area contributed by atoms with Crippen molar-refractivity contribution in [3.05, 3.63) is 41.7 Å². The van der Waals surface area contributed by atoms with Crippen LogP contribution in [0.1, 0.15) is 11.1 Å². The van der Waals surface area contributed by atoms with Gasteiger partial charge in [-0.2, -0.15) is 13.2 Å². The van der Waals surface area contributed by atoms with Gasteiger partial charge >= 0.3 is 6.18 Å². The van der Waals surface area contributed by atoms with Crippen molar-refractivity contribution in [2.75, 3.05) is 0 Å². The van der Waals surface area contributed by atoms with Gasteiger partial charge in [0.1, 0.15) is 0 Å².